The summed E-state index contributed by atoms with van der Waals surface area (Å²) >= 11 is 0. The van der Waals surface area contributed by atoms with E-state index in [9.17, 15) is 9.90 Å². The molecule has 0 saturated heterocycles. The first-order chi connectivity index (χ1) is 8.13. The van der Waals surface area contributed by atoms with Crippen molar-refractivity contribution in [2.45, 2.75) is 13.3 Å². The number of aryl methyl sites for hydroxylation is 1. The molecule has 5 heteroatoms. The monoisotopic (exact) mass is 233 g/mol. The summed E-state index contributed by atoms with van der Waals surface area (Å²) in [5.41, 5.74) is 1.57. The lowest BCUT2D eigenvalue weighted by molar-refractivity contribution is 0.0652. The van der Waals surface area contributed by atoms with Gasteiger partial charge in [-0.05, 0) is 18.1 Å². The number of aromatic nitrogens is 1. The predicted octanol–water partition coefficient (Wildman–Crippen LogP) is 2.31. The molecule has 0 aliphatic rings. The molecule has 2 rings (SSSR count). The normalized spacial score (nSPS) is 10.4. The van der Waals surface area contributed by atoms with Crippen LogP contribution >= 0.6 is 0 Å². The SMILES string of the molecule is CCc1cccc(-c2cc(C(=O)O)on2)c1O. The summed E-state index contributed by atoms with van der Waals surface area (Å²) in [7, 11) is 0. The summed E-state index contributed by atoms with van der Waals surface area (Å²) in [4.78, 5) is 10.7. The number of aromatic carboxylic acids is 1. The number of hydrogen-bond donors (Lipinski definition) is 2. The summed E-state index contributed by atoms with van der Waals surface area (Å²) < 4.78 is 4.65. The molecular weight excluding hydrogens is 222 g/mol. The van der Waals surface area contributed by atoms with Gasteiger partial charge in [0.15, 0.2) is 0 Å². The topological polar surface area (TPSA) is 83.6 Å². The van der Waals surface area contributed by atoms with Gasteiger partial charge in [-0.1, -0.05) is 24.2 Å². The third kappa shape index (κ3) is 1.99. The van der Waals surface area contributed by atoms with Crippen molar-refractivity contribution in [1.82, 2.24) is 5.16 Å². The molecule has 0 amide bonds. The van der Waals surface area contributed by atoms with Crippen molar-refractivity contribution in [1.29, 1.82) is 0 Å². The molecule has 0 atom stereocenters. The Balaban J connectivity index is 2.49. The van der Waals surface area contributed by atoms with Gasteiger partial charge < -0.3 is 14.7 Å². The fraction of sp³-hybridized carbons (Fsp3) is 0.167. The van der Waals surface area contributed by atoms with Crippen LogP contribution in [-0.4, -0.2) is 21.3 Å². The molecule has 5 nitrogen and oxygen atoms in total. The number of nitrogens with zero attached hydrogens (tertiary/aromatic N) is 1. The molecular formula is C12H11NO4. The van der Waals surface area contributed by atoms with Gasteiger partial charge in [0, 0.05) is 11.6 Å². The molecule has 88 valence electrons. The highest BCUT2D eigenvalue weighted by atomic mass is 16.5. The van der Waals surface area contributed by atoms with E-state index in [1.165, 1.54) is 6.07 Å². The summed E-state index contributed by atoms with van der Waals surface area (Å²) in [5, 5.41) is 22.3. The minimum atomic E-state index is -1.19. The Labute approximate surface area is 97.3 Å². The van der Waals surface area contributed by atoms with Crippen LogP contribution in [0.5, 0.6) is 5.75 Å². The van der Waals surface area contributed by atoms with Gasteiger partial charge >= 0.3 is 5.97 Å². The molecule has 1 heterocycles. The molecule has 0 spiro atoms. The number of phenols is 1. The number of benzene rings is 1. The second-order valence-electron chi connectivity index (χ2n) is 3.55. The fourth-order valence-electron chi connectivity index (χ4n) is 1.59. The second-order valence-corrected chi connectivity index (χ2v) is 3.55. The van der Waals surface area contributed by atoms with E-state index in [1.54, 1.807) is 18.2 Å². The van der Waals surface area contributed by atoms with Gasteiger partial charge in [0.2, 0.25) is 5.76 Å². The number of aromatic hydroxyl groups is 1. The van der Waals surface area contributed by atoms with Crippen molar-refractivity contribution in [2.75, 3.05) is 0 Å². The van der Waals surface area contributed by atoms with Crippen molar-refractivity contribution >= 4 is 5.97 Å². The third-order valence-electron chi connectivity index (χ3n) is 2.50. The first kappa shape index (κ1) is 11.2. The summed E-state index contributed by atoms with van der Waals surface area (Å²) in [6, 6.07) is 6.54. The number of rotatable bonds is 3. The average molecular weight is 233 g/mol. The van der Waals surface area contributed by atoms with Crippen LogP contribution in [0.4, 0.5) is 0 Å². The zero-order chi connectivity index (χ0) is 12.4. The van der Waals surface area contributed by atoms with E-state index < -0.39 is 5.97 Å². The van der Waals surface area contributed by atoms with Crippen LogP contribution in [0.1, 0.15) is 23.0 Å². The molecule has 0 bridgehead atoms. The molecule has 2 aromatic rings. The van der Waals surface area contributed by atoms with Crippen LogP contribution in [0.2, 0.25) is 0 Å². The highest BCUT2D eigenvalue weighted by molar-refractivity contribution is 5.86. The maximum absolute atomic E-state index is 10.7. The number of para-hydroxylation sites is 1. The van der Waals surface area contributed by atoms with Crippen LogP contribution in [0, 0.1) is 0 Å². The quantitative estimate of drug-likeness (QED) is 0.849. The van der Waals surface area contributed by atoms with E-state index >= 15 is 0 Å². The molecule has 2 N–H and O–H groups in total. The van der Waals surface area contributed by atoms with Crippen LogP contribution < -0.4 is 0 Å². The fourth-order valence-corrected chi connectivity index (χ4v) is 1.59. The van der Waals surface area contributed by atoms with Gasteiger partial charge in [-0.3, -0.25) is 0 Å². The molecule has 0 fully saturated rings. The van der Waals surface area contributed by atoms with E-state index in [0.717, 1.165) is 5.56 Å². The predicted molar refractivity (Wildman–Crippen MR) is 59.9 cm³/mol. The Morgan fingerprint density at radius 1 is 1.47 bits per heavy atom. The zero-order valence-electron chi connectivity index (χ0n) is 9.17. The number of hydrogen-bond acceptors (Lipinski definition) is 4. The molecule has 1 aromatic carbocycles. The Bertz CT molecular complexity index is 559. The van der Waals surface area contributed by atoms with E-state index in [0.29, 0.717) is 17.7 Å². The Hall–Kier alpha value is -2.30. The number of carbonyl (C=O) groups is 1. The molecule has 0 unspecified atom stereocenters. The molecule has 0 saturated carbocycles. The summed E-state index contributed by atoms with van der Waals surface area (Å²) in [6.07, 6.45) is 0.684. The van der Waals surface area contributed by atoms with E-state index in [1.807, 2.05) is 6.92 Å². The van der Waals surface area contributed by atoms with Gasteiger partial charge in [0.05, 0.1) is 0 Å². The van der Waals surface area contributed by atoms with Crippen molar-refractivity contribution in [3.8, 4) is 17.0 Å². The Kier molecular flexibility index (Phi) is 2.82. The standard InChI is InChI=1S/C12H11NO4/c1-2-7-4-3-5-8(11(7)14)9-6-10(12(15)16)17-13-9/h3-6,14H,2H2,1H3,(H,15,16). The molecule has 17 heavy (non-hydrogen) atoms. The van der Waals surface area contributed by atoms with Crippen molar-refractivity contribution in [3.05, 3.63) is 35.6 Å². The van der Waals surface area contributed by atoms with Crippen molar-refractivity contribution in [3.63, 3.8) is 0 Å². The zero-order valence-corrected chi connectivity index (χ0v) is 9.17. The van der Waals surface area contributed by atoms with E-state index in [4.69, 9.17) is 5.11 Å². The lowest BCUT2D eigenvalue weighted by atomic mass is 10.0. The first-order valence-electron chi connectivity index (χ1n) is 5.14. The third-order valence-corrected chi connectivity index (χ3v) is 2.50. The lowest BCUT2D eigenvalue weighted by Crippen LogP contribution is -1.91. The first-order valence-corrected chi connectivity index (χ1v) is 5.14. The molecule has 0 radical (unpaired) electrons. The molecule has 0 aliphatic carbocycles. The minimum absolute atomic E-state index is 0.111. The van der Waals surface area contributed by atoms with Gasteiger partial charge in [-0.15, -0.1) is 0 Å². The van der Waals surface area contributed by atoms with Gasteiger partial charge in [-0.25, -0.2) is 4.79 Å². The summed E-state index contributed by atoms with van der Waals surface area (Å²) in [5.74, 6) is -1.32. The van der Waals surface area contributed by atoms with Crippen LogP contribution in [0.15, 0.2) is 28.8 Å². The van der Waals surface area contributed by atoms with Gasteiger partial charge in [0.25, 0.3) is 0 Å². The maximum atomic E-state index is 10.7. The average Bonchev–Trinajstić information content (AvgIpc) is 2.78. The van der Waals surface area contributed by atoms with Gasteiger partial charge in [0.1, 0.15) is 11.4 Å². The molecule has 1 aromatic heterocycles. The van der Waals surface area contributed by atoms with Crippen LogP contribution in [0.25, 0.3) is 11.3 Å². The smallest absolute Gasteiger partial charge is 0.374 e. The number of carboxylic acid groups (broad SMARTS) is 1. The second kappa shape index (κ2) is 4.29. The van der Waals surface area contributed by atoms with Gasteiger partial charge in [-0.2, -0.15) is 0 Å². The van der Waals surface area contributed by atoms with Crippen LogP contribution in [0.3, 0.4) is 0 Å². The molecule has 0 aliphatic heterocycles. The van der Waals surface area contributed by atoms with Crippen molar-refractivity contribution in [2.24, 2.45) is 0 Å². The summed E-state index contributed by atoms with van der Waals surface area (Å²) in [6.45, 7) is 1.92. The van der Waals surface area contributed by atoms with Crippen molar-refractivity contribution < 1.29 is 19.5 Å². The van der Waals surface area contributed by atoms with E-state index in [2.05, 4.69) is 9.68 Å². The van der Waals surface area contributed by atoms with Crippen LogP contribution in [-0.2, 0) is 6.42 Å². The number of phenolic OH excluding ortho intramolecular Hbond substituents is 1. The number of carboxylic acids is 1. The maximum Gasteiger partial charge on any atom is 0.374 e. The Morgan fingerprint density at radius 2 is 2.24 bits per heavy atom. The highest BCUT2D eigenvalue weighted by Crippen LogP contribution is 2.31. The van der Waals surface area contributed by atoms with E-state index in [-0.39, 0.29) is 11.5 Å². The Morgan fingerprint density at radius 3 is 2.82 bits per heavy atom. The largest absolute Gasteiger partial charge is 0.507 e. The lowest BCUT2D eigenvalue weighted by Gasteiger charge is -2.04. The highest BCUT2D eigenvalue weighted by Gasteiger charge is 2.15. The minimum Gasteiger partial charge on any atom is -0.507 e.